The van der Waals surface area contributed by atoms with E-state index >= 15 is 0 Å². The van der Waals surface area contributed by atoms with Crippen LogP contribution in [0.2, 0.25) is 0 Å². The van der Waals surface area contributed by atoms with E-state index in [-0.39, 0.29) is 0 Å². The van der Waals surface area contributed by atoms with Crippen LogP contribution in [0.4, 0.5) is 0 Å². The molecule has 6 nitrogen and oxygen atoms in total. The first-order valence-corrected chi connectivity index (χ1v) is 3.40. The number of carbonyl (C=O) groups is 3. The van der Waals surface area contributed by atoms with Gasteiger partial charge in [0.1, 0.15) is 0 Å². The second kappa shape index (κ2) is 6.41. The van der Waals surface area contributed by atoms with Gasteiger partial charge in [-0.25, -0.2) is 14.4 Å². The van der Waals surface area contributed by atoms with Crippen LogP contribution in [0.25, 0.3) is 0 Å². The lowest BCUT2D eigenvalue weighted by molar-refractivity contribution is -0.167. The van der Waals surface area contributed by atoms with E-state index in [1.807, 2.05) is 0 Å². The largest absolute Gasteiger partial charge is 0.445 e. The smallest absolute Gasteiger partial charge is 0.422 e. The highest BCUT2D eigenvalue weighted by Gasteiger charge is 2.17. The summed E-state index contributed by atoms with van der Waals surface area (Å²) in [5.41, 5.74) is 0. The predicted octanol–water partition coefficient (Wildman–Crippen LogP) is -0.0970. The zero-order chi connectivity index (χ0) is 11.0. The Morgan fingerprint density at radius 1 is 1.00 bits per heavy atom. The lowest BCUT2D eigenvalue weighted by atomic mass is 10.6. The number of ether oxygens (including phenoxy) is 3. The maximum atomic E-state index is 10.7. The lowest BCUT2D eigenvalue weighted by Crippen LogP contribution is -2.22. The van der Waals surface area contributed by atoms with E-state index in [2.05, 4.69) is 27.4 Å². The van der Waals surface area contributed by atoms with Crippen molar-refractivity contribution in [2.45, 2.75) is 0 Å². The molecule has 0 amide bonds. The molecule has 6 heteroatoms. The van der Waals surface area contributed by atoms with Gasteiger partial charge in [0.25, 0.3) is 0 Å². The van der Waals surface area contributed by atoms with Gasteiger partial charge in [0, 0.05) is 0 Å². The van der Waals surface area contributed by atoms with Crippen LogP contribution in [0, 0.1) is 0 Å². The average Bonchev–Trinajstić information content (AvgIpc) is 2.15. The molecule has 0 rings (SSSR count). The normalized spacial score (nSPS) is 8.29. The van der Waals surface area contributed by atoms with Crippen molar-refractivity contribution < 1.29 is 28.6 Å². The fourth-order valence-corrected chi connectivity index (χ4v) is 0.434. The Bertz CT molecular complexity index is 267. The van der Waals surface area contributed by atoms with E-state index in [0.717, 1.165) is 12.5 Å². The molecule has 76 valence electrons. The Kier molecular flexibility index (Phi) is 5.44. The molecule has 0 saturated heterocycles. The van der Waals surface area contributed by atoms with E-state index in [1.165, 1.54) is 0 Å². The Labute approximate surface area is 79.7 Å². The minimum absolute atomic E-state index is 0.683. The van der Waals surface area contributed by atoms with Gasteiger partial charge in [-0.1, -0.05) is 13.2 Å². The van der Waals surface area contributed by atoms with Gasteiger partial charge in [-0.15, -0.1) is 0 Å². The van der Waals surface area contributed by atoms with Gasteiger partial charge in [0.05, 0.1) is 12.5 Å². The predicted molar refractivity (Wildman–Crippen MR) is 43.5 cm³/mol. The summed E-state index contributed by atoms with van der Waals surface area (Å²) in [5, 5.41) is 0. The van der Waals surface area contributed by atoms with E-state index < -0.39 is 24.5 Å². The van der Waals surface area contributed by atoms with Crippen LogP contribution in [0.15, 0.2) is 25.7 Å². The second-order valence-electron chi connectivity index (χ2n) is 1.80. The third-order valence-corrected chi connectivity index (χ3v) is 0.893. The zero-order valence-electron chi connectivity index (χ0n) is 7.23. The van der Waals surface area contributed by atoms with E-state index in [1.54, 1.807) is 0 Å². The molecule has 0 aromatic rings. The first kappa shape index (κ1) is 11.9. The summed E-state index contributed by atoms with van der Waals surface area (Å²) in [4.78, 5) is 31.8. The number of esters is 3. The monoisotopic (exact) mass is 200 g/mol. The molecule has 0 N–H and O–H groups in total. The molecule has 0 aromatic heterocycles. The molecular formula is C8H8O6. The van der Waals surface area contributed by atoms with Crippen molar-refractivity contribution >= 4 is 17.9 Å². The number of carbonyl (C=O) groups excluding carboxylic acids is 3. The van der Waals surface area contributed by atoms with Crippen LogP contribution in [0.1, 0.15) is 0 Å². The molecule has 0 bridgehead atoms. The van der Waals surface area contributed by atoms with Crippen LogP contribution < -0.4 is 0 Å². The van der Waals surface area contributed by atoms with Crippen molar-refractivity contribution in [3.05, 3.63) is 25.7 Å². The van der Waals surface area contributed by atoms with Gasteiger partial charge in [0.15, 0.2) is 6.61 Å². The SMILES string of the molecule is C=COC(=O)COC(=O)C(=O)OC=C. The fourth-order valence-electron chi connectivity index (χ4n) is 0.434. The zero-order valence-corrected chi connectivity index (χ0v) is 7.23. The third-order valence-electron chi connectivity index (χ3n) is 0.893. The molecule has 0 saturated carbocycles. The average molecular weight is 200 g/mol. The van der Waals surface area contributed by atoms with Crippen LogP contribution in [0.5, 0.6) is 0 Å². The summed E-state index contributed by atoms with van der Waals surface area (Å²) in [6.45, 7) is 5.47. The van der Waals surface area contributed by atoms with Gasteiger partial charge in [-0.05, 0) is 0 Å². The molecule has 0 fully saturated rings. The van der Waals surface area contributed by atoms with E-state index in [4.69, 9.17) is 0 Å². The maximum absolute atomic E-state index is 10.7. The fraction of sp³-hybridized carbons (Fsp3) is 0.125. The summed E-state index contributed by atoms with van der Waals surface area (Å²) >= 11 is 0. The van der Waals surface area contributed by atoms with Crippen molar-refractivity contribution in [2.24, 2.45) is 0 Å². The molecule has 0 aliphatic rings. The quantitative estimate of drug-likeness (QED) is 0.273. The van der Waals surface area contributed by atoms with Crippen LogP contribution >= 0.6 is 0 Å². The summed E-state index contributed by atoms with van der Waals surface area (Å²) < 4.78 is 12.5. The number of rotatable bonds is 4. The highest BCUT2D eigenvalue weighted by molar-refractivity contribution is 6.30. The Morgan fingerprint density at radius 2 is 1.57 bits per heavy atom. The standard InChI is InChI=1S/C8H8O6/c1-3-12-6(9)5-14-8(11)7(10)13-4-2/h3-4H,1-2,5H2. The second-order valence-corrected chi connectivity index (χ2v) is 1.80. The molecule has 0 atom stereocenters. The highest BCUT2D eigenvalue weighted by Crippen LogP contribution is 1.87. The Morgan fingerprint density at radius 3 is 2.07 bits per heavy atom. The van der Waals surface area contributed by atoms with Crippen molar-refractivity contribution in [3.8, 4) is 0 Å². The Balaban J connectivity index is 3.84. The van der Waals surface area contributed by atoms with E-state index in [9.17, 15) is 14.4 Å². The molecule has 0 aliphatic heterocycles. The van der Waals surface area contributed by atoms with Gasteiger partial charge >= 0.3 is 17.9 Å². The minimum Gasteiger partial charge on any atom is -0.445 e. The number of hydrogen-bond acceptors (Lipinski definition) is 6. The number of hydrogen-bond donors (Lipinski definition) is 0. The van der Waals surface area contributed by atoms with E-state index in [0.29, 0.717) is 0 Å². The molecule has 0 aromatic carbocycles. The van der Waals surface area contributed by atoms with Crippen LogP contribution in [-0.2, 0) is 28.6 Å². The topological polar surface area (TPSA) is 78.9 Å². The van der Waals surface area contributed by atoms with Crippen LogP contribution in [-0.4, -0.2) is 24.5 Å². The first-order chi connectivity index (χ1) is 6.61. The maximum Gasteiger partial charge on any atom is 0.422 e. The first-order valence-electron chi connectivity index (χ1n) is 3.40. The van der Waals surface area contributed by atoms with Gasteiger partial charge in [-0.3, -0.25) is 0 Å². The molecule has 0 unspecified atom stereocenters. The minimum atomic E-state index is -1.30. The molecule has 0 spiro atoms. The summed E-state index contributed by atoms with van der Waals surface area (Å²) in [7, 11) is 0. The van der Waals surface area contributed by atoms with Crippen molar-refractivity contribution in [1.29, 1.82) is 0 Å². The Hall–Kier alpha value is -2.11. The third kappa shape index (κ3) is 4.70. The van der Waals surface area contributed by atoms with Crippen LogP contribution in [0.3, 0.4) is 0 Å². The molecule has 0 aliphatic carbocycles. The summed E-state index contributed by atoms with van der Waals surface area (Å²) in [5.74, 6) is -3.41. The lowest BCUT2D eigenvalue weighted by Gasteiger charge is -2.00. The van der Waals surface area contributed by atoms with Gasteiger partial charge < -0.3 is 14.2 Å². The molecule has 0 heterocycles. The van der Waals surface area contributed by atoms with Crippen molar-refractivity contribution in [1.82, 2.24) is 0 Å². The van der Waals surface area contributed by atoms with Gasteiger partial charge in [0.2, 0.25) is 0 Å². The highest BCUT2D eigenvalue weighted by atomic mass is 16.6. The van der Waals surface area contributed by atoms with Gasteiger partial charge in [-0.2, -0.15) is 0 Å². The summed E-state index contributed by atoms with van der Waals surface area (Å²) in [6, 6.07) is 0. The molecule has 14 heavy (non-hydrogen) atoms. The van der Waals surface area contributed by atoms with Crippen molar-refractivity contribution in [3.63, 3.8) is 0 Å². The molecular weight excluding hydrogens is 192 g/mol. The van der Waals surface area contributed by atoms with Crippen molar-refractivity contribution in [2.75, 3.05) is 6.61 Å². The summed E-state index contributed by atoms with van der Waals surface area (Å²) in [6.07, 6.45) is 1.64. The molecule has 0 radical (unpaired) electrons.